The van der Waals surface area contributed by atoms with Gasteiger partial charge in [-0.15, -0.1) is 23.4 Å². The van der Waals surface area contributed by atoms with E-state index in [1.54, 1.807) is 25.1 Å². The Labute approximate surface area is 215 Å². The van der Waals surface area contributed by atoms with Gasteiger partial charge in [-0.3, -0.25) is 19.3 Å². The number of fused-ring (bicyclic) bond motifs is 2. The number of nitrogens with zero attached hydrogens (tertiary/aromatic N) is 2. The summed E-state index contributed by atoms with van der Waals surface area (Å²) in [6, 6.07) is 2.91. The Morgan fingerprint density at radius 3 is 2.52 bits per heavy atom. The molecule has 0 aromatic heterocycles. The van der Waals surface area contributed by atoms with Crippen LogP contribution in [0.15, 0.2) is 18.2 Å². The van der Waals surface area contributed by atoms with E-state index in [0.717, 1.165) is 10.5 Å². The summed E-state index contributed by atoms with van der Waals surface area (Å²) in [5.74, 6) is -2.12. The molecule has 3 aliphatic heterocycles. The van der Waals surface area contributed by atoms with Crippen LogP contribution in [0, 0.1) is 0 Å². The van der Waals surface area contributed by atoms with Crippen LogP contribution in [0.25, 0.3) is 0 Å². The van der Waals surface area contributed by atoms with Crippen LogP contribution >= 0.6 is 58.2 Å². The number of amides is 3. The number of rotatable bonds is 4. The molecule has 1 aromatic rings. The normalized spacial score (nSPS) is 29.2. The molecular formula is C21H20Cl4N2O5S. The summed E-state index contributed by atoms with van der Waals surface area (Å²) in [5.41, 5.74) is 1.35. The monoisotopic (exact) mass is 552 g/mol. The third-order valence-electron chi connectivity index (χ3n) is 5.92. The van der Waals surface area contributed by atoms with E-state index in [9.17, 15) is 19.2 Å². The molecule has 0 aliphatic carbocycles. The Balaban J connectivity index is 1.62. The molecule has 4 rings (SSSR count). The van der Waals surface area contributed by atoms with Gasteiger partial charge in [-0.2, -0.15) is 0 Å². The summed E-state index contributed by atoms with van der Waals surface area (Å²) in [6.45, 7) is 4.95. The molecule has 0 radical (unpaired) electrons. The number of halogens is 4. The maximum absolute atomic E-state index is 13.3. The number of β-lactam (4-membered cyclic amide) rings is 1. The Morgan fingerprint density at radius 1 is 1.24 bits per heavy atom. The summed E-state index contributed by atoms with van der Waals surface area (Å²) >= 11 is 24.9. The molecule has 0 saturated carbocycles. The van der Waals surface area contributed by atoms with Gasteiger partial charge >= 0.3 is 5.97 Å². The maximum atomic E-state index is 13.3. The number of imide groups is 1. The first kappa shape index (κ1) is 24.9. The summed E-state index contributed by atoms with van der Waals surface area (Å²) < 4.78 is 3.29. The van der Waals surface area contributed by atoms with Gasteiger partial charge in [0.25, 0.3) is 17.7 Å². The van der Waals surface area contributed by atoms with Crippen LogP contribution in [0.1, 0.15) is 53.0 Å². The van der Waals surface area contributed by atoms with Gasteiger partial charge in [0.2, 0.25) is 3.79 Å². The standard InChI is InChI=1S/C21H20Cl4N2O5S/c1-9(2)10-5-4-6-11-12(10)16(29)26(15(11)28)13-17(30)27-14(19(31)32-7-21(23,24)25)20(3,22)8-33-18(13)27/h4-6,9,13-14,18H,7-8H2,1-3H3/t13?,14?,18-,20+/m0/s1. The molecule has 0 N–H and O–H groups in total. The van der Waals surface area contributed by atoms with Gasteiger partial charge in [0.05, 0.1) is 16.0 Å². The zero-order chi connectivity index (χ0) is 24.5. The fourth-order valence-electron chi connectivity index (χ4n) is 4.43. The predicted molar refractivity (Wildman–Crippen MR) is 127 cm³/mol. The van der Waals surface area contributed by atoms with E-state index in [-0.39, 0.29) is 17.2 Å². The van der Waals surface area contributed by atoms with Gasteiger partial charge in [-0.25, -0.2) is 4.79 Å². The number of carbonyl (C=O) groups excluding carboxylic acids is 4. The lowest BCUT2D eigenvalue weighted by molar-refractivity contribution is -0.168. The van der Waals surface area contributed by atoms with E-state index >= 15 is 0 Å². The smallest absolute Gasteiger partial charge is 0.330 e. The quantitative estimate of drug-likeness (QED) is 0.243. The Kier molecular flexibility index (Phi) is 6.41. The molecule has 0 bridgehead atoms. The van der Waals surface area contributed by atoms with Gasteiger partial charge in [0.1, 0.15) is 18.0 Å². The first-order valence-electron chi connectivity index (χ1n) is 10.1. The largest absolute Gasteiger partial charge is 0.460 e. The van der Waals surface area contributed by atoms with E-state index in [4.69, 9.17) is 51.1 Å². The Morgan fingerprint density at radius 2 is 1.91 bits per heavy atom. The third kappa shape index (κ3) is 4.12. The van der Waals surface area contributed by atoms with Crippen molar-refractivity contribution in [1.82, 2.24) is 9.80 Å². The highest BCUT2D eigenvalue weighted by Crippen LogP contribution is 2.48. The molecule has 178 valence electrons. The molecular weight excluding hydrogens is 534 g/mol. The minimum atomic E-state index is -1.82. The highest BCUT2D eigenvalue weighted by atomic mass is 35.6. The Bertz CT molecular complexity index is 1060. The average molecular weight is 554 g/mol. The molecule has 3 heterocycles. The van der Waals surface area contributed by atoms with Crippen LogP contribution in [0.4, 0.5) is 0 Å². The zero-order valence-corrected chi connectivity index (χ0v) is 21.7. The molecule has 7 nitrogen and oxygen atoms in total. The van der Waals surface area contributed by atoms with Crippen LogP contribution in [0.3, 0.4) is 0 Å². The molecule has 3 aliphatic rings. The minimum Gasteiger partial charge on any atom is -0.460 e. The topological polar surface area (TPSA) is 84.0 Å². The first-order chi connectivity index (χ1) is 15.3. The van der Waals surface area contributed by atoms with Gasteiger partial charge in [-0.05, 0) is 24.5 Å². The van der Waals surface area contributed by atoms with Gasteiger partial charge < -0.3 is 9.64 Å². The van der Waals surface area contributed by atoms with E-state index in [1.807, 2.05) is 13.8 Å². The van der Waals surface area contributed by atoms with Crippen molar-refractivity contribution in [2.24, 2.45) is 0 Å². The first-order valence-corrected chi connectivity index (χ1v) is 12.7. The Hall–Kier alpha value is -1.19. The fourth-order valence-corrected chi connectivity index (χ4v) is 6.43. The molecule has 4 atom stereocenters. The number of hydrogen-bond acceptors (Lipinski definition) is 6. The lowest BCUT2D eigenvalue weighted by Gasteiger charge is -2.57. The number of hydrogen-bond donors (Lipinski definition) is 0. The summed E-state index contributed by atoms with van der Waals surface area (Å²) in [5, 5.41) is -0.639. The summed E-state index contributed by atoms with van der Waals surface area (Å²) in [7, 11) is 0. The van der Waals surface area contributed by atoms with Crippen LogP contribution < -0.4 is 0 Å². The summed E-state index contributed by atoms with van der Waals surface area (Å²) in [6.07, 6.45) is 0. The molecule has 12 heteroatoms. The molecule has 0 spiro atoms. The van der Waals surface area contributed by atoms with Crippen molar-refractivity contribution in [3.63, 3.8) is 0 Å². The van der Waals surface area contributed by atoms with Gasteiger partial charge in [-0.1, -0.05) is 60.8 Å². The molecule has 2 saturated heterocycles. The molecule has 33 heavy (non-hydrogen) atoms. The number of thioether (sulfide) groups is 1. The number of ether oxygens (including phenoxy) is 1. The van der Waals surface area contributed by atoms with E-state index < -0.39 is 56.4 Å². The third-order valence-corrected chi connectivity index (χ3v) is 8.34. The summed E-state index contributed by atoms with van der Waals surface area (Å²) in [4.78, 5) is 53.7. The van der Waals surface area contributed by atoms with Crippen molar-refractivity contribution in [3.8, 4) is 0 Å². The van der Waals surface area contributed by atoms with Crippen molar-refractivity contribution in [2.75, 3.05) is 12.4 Å². The predicted octanol–water partition coefficient (Wildman–Crippen LogP) is 3.97. The number of carbonyl (C=O) groups is 4. The van der Waals surface area contributed by atoms with E-state index in [1.165, 1.54) is 16.7 Å². The van der Waals surface area contributed by atoms with Crippen molar-refractivity contribution < 1.29 is 23.9 Å². The zero-order valence-electron chi connectivity index (χ0n) is 17.8. The highest BCUT2D eigenvalue weighted by Gasteiger charge is 2.65. The fraction of sp³-hybridized carbons (Fsp3) is 0.524. The van der Waals surface area contributed by atoms with Crippen molar-refractivity contribution in [2.45, 2.75) is 52.8 Å². The van der Waals surface area contributed by atoms with Crippen molar-refractivity contribution in [1.29, 1.82) is 0 Å². The lowest BCUT2D eigenvalue weighted by Crippen LogP contribution is -2.78. The second kappa shape index (κ2) is 8.48. The van der Waals surface area contributed by atoms with Crippen LogP contribution in [0.5, 0.6) is 0 Å². The van der Waals surface area contributed by atoms with E-state index in [0.29, 0.717) is 5.56 Å². The molecule has 2 fully saturated rings. The van der Waals surface area contributed by atoms with Crippen LogP contribution in [-0.4, -0.2) is 72.0 Å². The van der Waals surface area contributed by atoms with E-state index in [2.05, 4.69) is 0 Å². The van der Waals surface area contributed by atoms with Gasteiger partial charge in [0, 0.05) is 5.75 Å². The lowest BCUT2D eigenvalue weighted by atomic mass is 9.93. The average Bonchev–Trinajstić information content (AvgIpc) is 2.96. The molecule has 3 amide bonds. The van der Waals surface area contributed by atoms with Crippen molar-refractivity contribution in [3.05, 3.63) is 34.9 Å². The number of alkyl halides is 4. The van der Waals surface area contributed by atoms with Crippen molar-refractivity contribution >= 4 is 81.9 Å². The second-order valence-corrected chi connectivity index (χ2v) is 13.2. The molecule has 1 aromatic carbocycles. The maximum Gasteiger partial charge on any atom is 0.330 e. The minimum absolute atomic E-state index is 0.0170. The van der Waals surface area contributed by atoms with Crippen LogP contribution in [-0.2, 0) is 14.3 Å². The number of esters is 1. The molecule has 2 unspecified atom stereocenters. The highest BCUT2D eigenvalue weighted by molar-refractivity contribution is 8.00. The second-order valence-electron chi connectivity index (χ2n) is 8.70. The van der Waals surface area contributed by atoms with Gasteiger partial charge in [0.15, 0.2) is 6.04 Å². The van der Waals surface area contributed by atoms with Crippen LogP contribution in [0.2, 0.25) is 0 Å². The SMILES string of the molecule is CC(C)c1cccc2c1C(=O)N(C1C(=O)N3C(C(=O)OCC(Cl)(Cl)Cl)[C@](C)(Cl)CS[C@@H]13)C2=O. The number of benzene rings is 1.